The molecule has 166 valence electrons. The number of ether oxygens (including phenoxy) is 1. The lowest BCUT2D eigenvalue weighted by Crippen LogP contribution is -2.30. The van der Waals surface area contributed by atoms with Crippen molar-refractivity contribution in [2.75, 3.05) is 13.2 Å². The minimum Gasteiger partial charge on any atom is -0.507 e. The number of aliphatic hydroxyl groups is 1. The first-order chi connectivity index (χ1) is 15.4. The van der Waals surface area contributed by atoms with Crippen molar-refractivity contribution in [2.45, 2.75) is 33.2 Å². The standard InChI is InChI=1S/C25H25ClN2O4/c1-4-12-28-22(20-14(3)27-18-9-7-6-8-16(18)20)21(24(30)25(28)31)23(29)15-10-11-17(26)19(13-15)32-5-2/h6-11,13,22,27,29H,4-5,12H2,1-3H3/b23-21+. The summed E-state index contributed by atoms with van der Waals surface area (Å²) in [6, 6.07) is 11.9. The lowest BCUT2D eigenvalue weighted by atomic mass is 9.93. The van der Waals surface area contributed by atoms with E-state index in [1.54, 1.807) is 23.1 Å². The van der Waals surface area contributed by atoms with E-state index in [4.69, 9.17) is 16.3 Å². The van der Waals surface area contributed by atoms with E-state index in [1.807, 2.05) is 45.0 Å². The minimum atomic E-state index is -0.697. The first-order valence-corrected chi connectivity index (χ1v) is 11.0. The number of ketones is 1. The molecule has 3 aromatic rings. The van der Waals surface area contributed by atoms with E-state index in [0.717, 1.165) is 22.2 Å². The van der Waals surface area contributed by atoms with Gasteiger partial charge in [0.05, 0.1) is 23.2 Å². The number of amides is 1. The van der Waals surface area contributed by atoms with Crippen LogP contribution in [-0.2, 0) is 9.59 Å². The molecule has 1 aromatic heterocycles. The number of benzene rings is 2. The zero-order valence-corrected chi connectivity index (χ0v) is 19.0. The molecule has 2 heterocycles. The molecule has 2 aromatic carbocycles. The molecule has 7 heteroatoms. The normalized spacial score (nSPS) is 18.0. The third kappa shape index (κ3) is 3.54. The summed E-state index contributed by atoms with van der Waals surface area (Å²) < 4.78 is 5.54. The molecule has 1 aliphatic heterocycles. The van der Waals surface area contributed by atoms with Crippen molar-refractivity contribution < 1.29 is 19.4 Å². The van der Waals surface area contributed by atoms with E-state index in [9.17, 15) is 14.7 Å². The van der Waals surface area contributed by atoms with Crippen LogP contribution in [0.3, 0.4) is 0 Å². The van der Waals surface area contributed by atoms with Gasteiger partial charge in [-0.15, -0.1) is 0 Å². The number of aryl methyl sites for hydroxylation is 1. The Bertz CT molecular complexity index is 1240. The van der Waals surface area contributed by atoms with Gasteiger partial charge < -0.3 is 19.7 Å². The zero-order valence-electron chi connectivity index (χ0n) is 18.2. The van der Waals surface area contributed by atoms with Crippen LogP contribution in [0.5, 0.6) is 5.75 Å². The summed E-state index contributed by atoms with van der Waals surface area (Å²) in [5.74, 6) is -1.14. The van der Waals surface area contributed by atoms with E-state index in [0.29, 0.717) is 35.9 Å². The first kappa shape index (κ1) is 22.0. The van der Waals surface area contributed by atoms with Gasteiger partial charge in [0.1, 0.15) is 11.5 Å². The van der Waals surface area contributed by atoms with Crippen molar-refractivity contribution in [3.8, 4) is 5.75 Å². The number of para-hydroxylation sites is 1. The number of halogens is 1. The number of hydrogen-bond acceptors (Lipinski definition) is 4. The Morgan fingerprint density at radius 2 is 1.94 bits per heavy atom. The monoisotopic (exact) mass is 452 g/mol. The van der Waals surface area contributed by atoms with Crippen molar-refractivity contribution in [1.29, 1.82) is 0 Å². The molecule has 1 unspecified atom stereocenters. The topological polar surface area (TPSA) is 82.6 Å². The third-order valence-corrected chi connectivity index (χ3v) is 6.04. The van der Waals surface area contributed by atoms with Gasteiger partial charge in [-0.1, -0.05) is 36.7 Å². The predicted octanol–water partition coefficient (Wildman–Crippen LogP) is 5.36. The number of aliphatic hydroxyl groups excluding tert-OH is 1. The summed E-state index contributed by atoms with van der Waals surface area (Å²) in [4.78, 5) is 31.0. The minimum absolute atomic E-state index is 0.0704. The summed E-state index contributed by atoms with van der Waals surface area (Å²) in [6.07, 6.45) is 0.681. The number of likely N-dealkylation sites (tertiary alicyclic amines) is 1. The number of Topliss-reactive ketones (excluding diaryl/α,β-unsaturated/α-hetero) is 1. The van der Waals surface area contributed by atoms with Crippen LogP contribution in [-0.4, -0.2) is 39.8 Å². The highest BCUT2D eigenvalue weighted by atomic mass is 35.5. The lowest BCUT2D eigenvalue weighted by molar-refractivity contribution is -0.139. The fraction of sp³-hybridized carbons (Fsp3) is 0.280. The maximum atomic E-state index is 13.2. The summed E-state index contributed by atoms with van der Waals surface area (Å²) in [5, 5.41) is 12.6. The number of nitrogens with zero attached hydrogens (tertiary/aromatic N) is 1. The van der Waals surface area contributed by atoms with Crippen LogP contribution in [0.25, 0.3) is 16.7 Å². The molecule has 2 N–H and O–H groups in total. The van der Waals surface area contributed by atoms with Crippen molar-refractivity contribution in [1.82, 2.24) is 9.88 Å². The molecule has 4 rings (SSSR count). The molecule has 0 saturated carbocycles. The number of H-pyrrole nitrogens is 1. The number of aromatic amines is 1. The summed E-state index contributed by atoms with van der Waals surface area (Å²) >= 11 is 6.20. The third-order valence-electron chi connectivity index (χ3n) is 5.73. The van der Waals surface area contributed by atoms with Gasteiger partial charge in [-0.05, 0) is 44.5 Å². The number of carbonyl (C=O) groups is 2. The van der Waals surface area contributed by atoms with Crippen LogP contribution in [0.2, 0.25) is 5.02 Å². The van der Waals surface area contributed by atoms with Gasteiger partial charge in [-0.3, -0.25) is 9.59 Å². The molecule has 1 atom stereocenters. The number of fused-ring (bicyclic) bond motifs is 1. The second-order valence-electron chi connectivity index (χ2n) is 7.78. The van der Waals surface area contributed by atoms with E-state index in [-0.39, 0.29) is 11.3 Å². The Hall–Kier alpha value is -3.25. The van der Waals surface area contributed by atoms with E-state index < -0.39 is 17.7 Å². The molecule has 1 fully saturated rings. The average molecular weight is 453 g/mol. The Labute approximate surface area is 191 Å². The van der Waals surface area contributed by atoms with Crippen LogP contribution >= 0.6 is 11.6 Å². The maximum Gasteiger partial charge on any atom is 0.295 e. The average Bonchev–Trinajstić information content (AvgIpc) is 3.23. The van der Waals surface area contributed by atoms with Crippen molar-refractivity contribution in [3.05, 3.63) is 69.9 Å². The molecule has 1 saturated heterocycles. The number of rotatable bonds is 6. The molecule has 1 amide bonds. The van der Waals surface area contributed by atoms with Gasteiger partial charge in [0, 0.05) is 34.3 Å². The maximum absolute atomic E-state index is 13.2. The fourth-order valence-corrected chi connectivity index (χ4v) is 4.55. The highest BCUT2D eigenvalue weighted by Gasteiger charge is 2.47. The number of aromatic nitrogens is 1. The Kier molecular flexibility index (Phi) is 5.98. The van der Waals surface area contributed by atoms with Crippen LogP contribution in [0.4, 0.5) is 0 Å². The largest absolute Gasteiger partial charge is 0.507 e. The summed E-state index contributed by atoms with van der Waals surface area (Å²) in [6.45, 7) is 6.50. The Morgan fingerprint density at radius 3 is 2.66 bits per heavy atom. The zero-order chi connectivity index (χ0) is 23.0. The lowest BCUT2D eigenvalue weighted by Gasteiger charge is -2.25. The van der Waals surface area contributed by atoms with Gasteiger partial charge in [0.25, 0.3) is 11.7 Å². The molecule has 0 bridgehead atoms. The first-order valence-electron chi connectivity index (χ1n) is 10.7. The van der Waals surface area contributed by atoms with Crippen LogP contribution < -0.4 is 4.74 Å². The van der Waals surface area contributed by atoms with Crippen LogP contribution in [0.15, 0.2) is 48.0 Å². The van der Waals surface area contributed by atoms with Gasteiger partial charge in [-0.2, -0.15) is 0 Å². The second kappa shape index (κ2) is 8.71. The molecule has 0 spiro atoms. The Balaban J connectivity index is 1.96. The Morgan fingerprint density at radius 1 is 1.19 bits per heavy atom. The second-order valence-corrected chi connectivity index (χ2v) is 8.19. The molecular weight excluding hydrogens is 428 g/mol. The molecule has 0 radical (unpaired) electrons. The van der Waals surface area contributed by atoms with Gasteiger partial charge in [0.15, 0.2) is 0 Å². The van der Waals surface area contributed by atoms with Crippen molar-refractivity contribution >= 4 is 40.0 Å². The van der Waals surface area contributed by atoms with Gasteiger partial charge >= 0.3 is 0 Å². The number of hydrogen-bond donors (Lipinski definition) is 2. The quantitative estimate of drug-likeness (QED) is 0.299. The van der Waals surface area contributed by atoms with E-state index in [1.165, 1.54) is 0 Å². The molecule has 6 nitrogen and oxygen atoms in total. The smallest absolute Gasteiger partial charge is 0.295 e. The number of nitrogens with one attached hydrogen (secondary N) is 1. The summed E-state index contributed by atoms with van der Waals surface area (Å²) in [7, 11) is 0. The van der Waals surface area contributed by atoms with Crippen molar-refractivity contribution in [3.63, 3.8) is 0 Å². The van der Waals surface area contributed by atoms with Gasteiger partial charge in [-0.25, -0.2) is 0 Å². The molecular formula is C25H25ClN2O4. The van der Waals surface area contributed by atoms with Gasteiger partial charge in [0.2, 0.25) is 0 Å². The molecule has 1 aliphatic rings. The number of carbonyl (C=O) groups excluding carboxylic acids is 2. The highest BCUT2D eigenvalue weighted by molar-refractivity contribution is 6.46. The van der Waals surface area contributed by atoms with E-state index >= 15 is 0 Å². The fourth-order valence-electron chi connectivity index (χ4n) is 4.37. The van der Waals surface area contributed by atoms with Crippen molar-refractivity contribution in [2.24, 2.45) is 0 Å². The predicted molar refractivity (Wildman–Crippen MR) is 125 cm³/mol. The highest BCUT2D eigenvalue weighted by Crippen LogP contribution is 2.43. The summed E-state index contributed by atoms with van der Waals surface area (Å²) in [5.41, 5.74) is 3.01. The molecule has 0 aliphatic carbocycles. The SMILES string of the molecule is CCCN1C(=O)C(=O)/C(=C(/O)c2ccc(Cl)c(OCC)c2)C1c1c(C)[nH]c2ccccc12. The van der Waals surface area contributed by atoms with Crippen LogP contribution in [0, 0.1) is 6.92 Å². The van der Waals surface area contributed by atoms with Crippen LogP contribution in [0.1, 0.15) is 43.1 Å². The molecule has 32 heavy (non-hydrogen) atoms. The van der Waals surface area contributed by atoms with E-state index in [2.05, 4.69) is 4.98 Å².